The second-order valence-electron chi connectivity index (χ2n) is 9.73. The maximum atomic E-state index is 9.82. The van der Waals surface area contributed by atoms with Gasteiger partial charge in [0.05, 0.1) is 17.1 Å². The molecule has 1 atom stereocenters. The maximum absolute atomic E-state index is 9.82. The molecule has 10 nitrogen and oxygen atoms in total. The van der Waals surface area contributed by atoms with Gasteiger partial charge in [-0.15, -0.1) is 15.2 Å². The van der Waals surface area contributed by atoms with E-state index >= 15 is 0 Å². The quantitative estimate of drug-likeness (QED) is 0.232. The summed E-state index contributed by atoms with van der Waals surface area (Å²) >= 11 is 0. The average Bonchev–Trinajstić information content (AvgIpc) is 2.77. The van der Waals surface area contributed by atoms with Crippen LogP contribution in [0.15, 0.2) is 52.6 Å². The van der Waals surface area contributed by atoms with E-state index in [9.17, 15) is 5.11 Å². The summed E-state index contributed by atoms with van der Waals surface area (Å²) in [5.74, 6) is 0.979. The van der Waals surface area contributed by atoms with Crippen molar-refractivity contribution in [3.05, 3.63) is 59.4 Å². The normalized spacial score (nSPS) is 19.7. The summed E-state index contributed by atoms with van der Waals surface area (Å²) in [5, 5.41) is 41.0. The number of anilines is 1. The number of rotatable bonds is 7. The molecule has 184 valence electrons. The first-order valence-electron chi connectivity index (χ1n) is 11.7. The molecule has 1 aromatic carbocycles. The molecular formula is C25H33N8O2+. The first-order valence-corrected chi connectivity index (χ1v) is 11.7. The summed E-state index contributed by atoms with van der Waals surface area (Å²) in [6.45, 7) is 5.71. The van der Waals surface area contributed by atoms with Gasteiger partial charge in [-0.2, -0.15) is 0 Å². The number of guanidine groups is 1. The van der Waals surface area contributed by atoms with Crippen molar-refractivity contribution in [2.24, 2.45) is 15.7 Å². The smallest absolute Gasteiger partial charge is 0.387 e. The van der Waals surface area contributed by atoms with Gasteiger partial charge in [-0.3, -0.25) is 5.41 Å². The van der Waals surface area contributed by atoms with Gasteiger partial charge in [0.2, 0.25) is 5.69 Å². The van der Waals surface area contributed by atoms with E-state index in [2.05, 4.69) is 30.8 Å². The van der Waals surface area contributed by atoms with Crippen LogP contribution in [0.5, 0.6) is 0 Å². The zero-order chi connectivity index (χ0) is 25.2. The van der Waals surface area contributed by atoms with E-state index in [1.54, 1.807) is 26.0 Å². The number of nitrogens with one attached hydrogen (secondary N) is 3. The highest BCUT2D eigenvalue weighted by atomic mass is 16.3. The minimum Gasteiger partial charge on any atom is -0.577 e. The first kappa shape index (κ1) is 24.3. The molecule has 35 heavy (non-hydrogen) atoms. The van der Waals surface area contributed by atoms with Crippen LogP contribution in [0.2, 0.25) is 0 Å². The zero-order valence-corrected chi connectivity index (χ0v) is 20.3. The number of aliphatic imine (C=N–C) groups is 2. The standard InChI is InChI=1S/C25H32N8O2/c1-15-18(13-28-23(27)30-15)16-5-7-17(8-6-16)25(11-4-12-25)22(26)31-21(34)19-9-10-20(33-32-19)29-14-24(2,3)35/h5-10,13,15,35H,4,11-12,14H2,1-3H3,(H,29,33)(H2,26,31,34)(H3,27,28,30)/p+1. The monoisotopic (exact) mass is 477 g/mol. The molecule has 1 saturated carbocycles. The number of amidine groups is 1. The minimum atomic E-state index is -0.878. The van der Waals surface area contributed by atoms with Crippen LogP contribution in [0, 0.1) is 5.41 Å². The molecule has 0 spiro atoms. The Labute approximate surface area is 204 Å². The Morgan fingerprint density at radius 2 is 1.97 bits per heavy atom. The van der Waals surface area contributed by atoms with Crippen LogP contribution in [0.4, 0.5) is 5.82 Å². The highest BCUT2D eigenvalue weighted by molar-refractivity contribution is 6.04. The fraction of sp³-hybridized carbons (Fsp3) is 0.400. The summed E-state index contributed by atoms with van der Waals surface area (Å²) in [7, 11) is 0. The highest BCUT2D eigenvalue weighted by Crippen LogP contribution is 2.45. The topological polar surface area (TPSA) is 168 Å². The van der Waals surface area contributed by atoms with Crippen LogP contribution < -0.4 is 16.4 Å². The van der Waals surface area contributed by atoms with Crippen molar-refractivity contribution in [1.82, 2.24) is 15.5 Å². The summed E-state index contributed by atoms with van der Waals surface area (Å²) in [6, 6.07) is 11.5. The largest absolute Gasteiger partial charge is 0.577 e. The lowest BCUT2D eigenvalue weighted by atomic mass is 9.63. The highest BCUT2D eigenvalue weighted by Gasteiger charge is 2.43. The van der Waals surface area contributed by atoms with Crippen molar-refractivity contribution >= 4 is 29.1 Å². The van der Waals surface area contributed by atoms with E-state index in [0.717, 1.165) is 36.0 Å². The van der Waals surface area contributed by atoms with Crippen LogP contribution in [0.3, 0.4) is 0 Å². The molecule has 0 amide bonds. The number of benzene rings is 1. The molecule has 2 aliphatic rings. The lowest BCUT2D eigenvalue weighted by Crippen LogP contribution is -2.41. The Bertz CT molecular complexity index is 1170. The molecule has 2 heterocycles. The van der Waals surface area contributed by atoms with Gasteiger partial charge >= 0.3 is 5.90 Å². The van der Waals surface area contributed by atoms with Gasteiger partial charge in [0.25, 0.3) is 0 Å². The molecule has 4 rings (SSSR count). The Balaban J connectivity index is 1.49. The van der Waals surface area contributed by atoms with Crippen LogP contribution >= 0.6 is 0 Å². The molecular weight excluding hydrogens is 444 g/mol. The van der Waals surface area contributed by atoms with Crippen molar-refractivity contribution in [2.45, 2.75) is 57.1 Å². The third-order valence-electron chi connectivity index (χ3n) is 6.42. The maximum Gasteiger partial charge on any atom is 0.387 e. The summed E-state index contributed by atoms with van der Waals surface area (Å²) in [4.78, 5) is 8.69. The molecule has 1 aliphatic carbocycles. The summed E-state index contributed by atoms with van der Waals surface area (Å²) in [6.07, 6.45) is 4.52. The van der Waals surface area contributed by atoms with Gasteiger partial charge < -0.3 is 26.6 Å². The number of hydrogen-bond donors (Lipinski definition) is 5. The van der Waals surface area contributed by atoms with E-state index in [0.29, 0.717) is 24.0 Å². The van der Waals surface area contributed by atoms with Crippen LogP contribution in [-0.2, 0) is 5.41 Å². The number of aliphatic hydroxyl groups is 1. The van der Waals surface area contributed by atoms with E-state index in [-0.39, 0.29) is 17.8 Å². The summed E-state index contributed by atoms with van der Waals surface area (Å²) < 4.78 is 0. The number of nitrogens with zero attached hydrogens (tertiary/aromatic N) is 4. The third-order valence-corrected chi connectivity index (χ3v) is 6.42. The van der Waals surface area contributed by atoms with Gasteiger partial charge in [-0.25, -0.2) is 4.99 Å². The lowest BCUT2D eigenvalue weighted by Gasteiger charge is -2.41. The SMILES string of the molecule is CC1N=C(N)NC=C1c1ccc(C2(C(=N)N=C([OH2+])c3ccc(NCC(C)(C)O)nn3)CCC2)cc1. The molecule has 0 bridgehead atoms. The zero-order valence-electron chi connectivity index (χ0n) is 20.3. The van der Waals surface area contributed by atoms with Crippen LogP contribution in [0.25, 0.3) is 5.57 Å². The second-order valence-corrected chi connectivity index (χ2v) is 9.73. The van der Waals surface area contributed by atoms with Gasteiger partial charge in [0, 0.05) is 12.7 Å². The fourth-order valence-electron chi connectivity index (χ4n) is 4.22. The van der Waals surface area contributed by atoms with Crippen molar-refractivity contribution in [2.75, 3.05) is 11.9 Å². The number of nitrogens with two attached hydrogens (primary N) is 1. The number of hydrogen-bond acceptors (Lipinski definition) is 8. The van der Waals surface area contributed by atoms with E-state index < -0.39 is 11.0 Å². The van der Waals surface area contributed by atoms with Crippen LogP contribution in [-0.4, -0.2) is 56.3 Å². The molecule has 2 aromatic rings. The Hall–Kier alpha value is -3.79. The Morgan fingerprint density at radius 1 is 1.26 bits per heavy atom. The van der Waals surface area contributed by atoms with E-state index in [1.807, 2.05) is 37.4 Å². The van der Waals surface area contributed by atoms with Crippen LogP contribution in [0.1, 0.15) is 56.9 Å². The Kier molecular flexibility index (Phi) is 6.58. The molecule has 0 radical (unpaired) electrons. The van der Waals surface area contributed by atoms with Crippen molar-refractivity contribution in [3.8, 4) is 0 Å². The summed E-state index contributed by atoms with van der Waals surface area (Å²) in [5.41, 5.74) is 7.77. The predicted octanol–water partition coefficient (Wildman–Crippen LogP) is 1.88. The molecule has 8 N–H and O–H groups in total. The van der Waals surface area contributed by atoms with Gasteiger partial charge in [-0.05, 0) is 62.4 Å². The van der Waals surface area contributed by atoms with Crippen molar-refractivity contribution in [3.63, 3.8) is 0 Å². The minimum absolute atomic E-state index is 0.0358. The first-order chi connectivity index (χ1) is 16.6. The Morgan fingerprint density at radius 3 is 2.51 bits per heavy atom. The lowest BCUT2D eigenvalue weighted by molar-refractivity contribution is 0.0944. The predicted molar refractivity (Wildman–Crippen MR) is 139 cm³/mol. The fourth-order valence-corrected chi connectivity index (χ4v) is 4.22. The molecule has 10 heteroatoms. The molecule has 1 aliphatic heterocycles. The van der Waals surface area contributed by atoms with E-state index in [1.165, 1.54) is 0 Å². The van der Waals surface area contributed by atoms with Crippen molar-refractivity contribution in [1.29, 1.82) is 5.41 Å². The number of aromatic nitrogens is 2. The molecule has 1 unspecified atom stereocenters. The average molecular weight is 478 g/mol. The molecule has 1 fully saturated rings. The molecule has 0 saturated heterocycles. The van der Waals surface area contributed by atoms with Gasteiger partial charge in [-0.1, -0.05) is 30.7 Å². The van der Waals surface area contributed by atoms with Gasteiger partial charge in [0.1, 0.15) is 11.7 Å². The second kappa shape index (κ2) is 9.46. The molecule has 1 aromatic heterocycles. The van der Waals surface area contributed by atoms with Crippen molar-refractivity contribution < 1.29 is 10.2 Å². The van der Waals surface area contributed by atoms with E-state index in [4.69, 9.17) is 16.2 Å². The van der Waals surface area contributed by atoms with Gasteiger partial charge in [0.15, 0.2) is 5.96 Å². The third kappa shape index (κ3) is 5.32.